The molecule has 0 radical (unpaired) electrons. The number of carbonyl (C=O) groups excluding carboxylic acids is 2. The summed E-state index contributed by atoms with van der Waals surface area (Å²) in [6, 6.07) is 11.7. The third-order valence-electron chi connectivity index (χ3n) is 11.3. The fourth-order valence-electron chi connectivity index (χ4n) is 8.21. The number of likely N-dealkylation sites (tertiary alicyclic amines) is 3. The fraction of sp³-hybridized carbons (Fsp3) is 0.487. The van der Waals surface area contributed by atoms with Crippen molar-refractivity contribution in [2.45, 2.75) is 61.9 Å². The summed E-state index contributed by atoms with van der Waals surface area (Å²) in [5.74, 6) is 0.122. The second kappa shape index (κ2) is 16.4. The highest BCUT2D eigenvalue weighted by Crippen LogP contribution is 2.43. The van der Waals surface area contributed by atoms with Crippen molar-refractivity contribution in [3.63, 3.8) is 0 Å². The molecule has 3 amide bonds. The lowest BCUT2D eigenvalue weighted by Crippen LogP contribution is -2.59. The molecule has 2 aromatic carbocycles. The SMILES string of the molecule is COc1cc(C(=O)N2CCC(CCN3CCC(NC(=O)N4CCCCC4C(=O)O)(c4cccnc4)CC3)(c3ccc(Cl)c(Cl)c3)C2)cc(OC)c1OC. The number of amides is 3. The van der Waals surface area contributed by atoms with Crippen molar-refractivity contribution < 1.29 is 33.7 Å². The van der Waals surface area contributed by atoms with Crippen LogP contribution in [-0.4, -0.2) is 109 Å². The Kier molecular flexibility index (Phi) is 11.9. The maximum absolute atomic E-state index is 14.0. The molecule has 2 N–H and O–H groups in total. The van der Waals surface area contributed by atoms with Gasteiger partial charge in [-0.3, -0.25) is 9.78 Å². The number of rotatable bonds is 11. The third-order valence-corrected chi connectivity index (χ3v) is 12.0. The molecule has 4 heterocycles. The van der Waals surface area contributed by atoms with Gasteiger partial charge in [0.05, 0.1) is 36.9 Å². The third kappa shape index (κ3) is 8.00. The van der Waals surface area contributed by atoms with E-state index in [0.29, 0.717) is 84.8 Å². The molecule has 53 heavy (non-hydrogen) atoms. The number of nitrogens with zero attached hydrogens (tertiary/aromatic N) is 4. The average Bonchev–Trinajstić information content (AvgIpc) is 3.63. The molecule has 0 saturated carbocycles. The fourth-order valence-corrected chi connectivity index (χ4v) is 8.51. The maximum Gasteiger partial charge on any atom is 0.326 e. The molecule has 284 valence electrons. The Morgan fingerprint density at radius 3 is 2.26 bits per heavy atom. The van der Waals surface area contributed by atoms with Crippen LogP contribution in [0.1, 0.15) is 66.4 Å². The Bertz CT molecular complexity index is 1780. The van der Waals surface area contributed by atoms with Crippen LogP contribution in [0.2, 0.25) is 10.0 Å². The van der Waals surface area contributed by atoms with E-state index in [9.17, 15) is 19.5 Å². The van der Waals surface area contributed by atoms with E-state index >= 15 is 0 Å². The molecule has 3 aromatic rings. The van der Waals surface area contributed by atoms with Crippen LogP contribution in [0.4, 0.5) is 4.79 Å². The van der Waals surface area contributed by atoms with Crippen LogP contribution in [0.3, 0.4) is 0 Å². The number of aromatic nitrogens is 1. The largest absolute Gasteiger partial charge is 0.493 e. The Morgan fingerprint density at radius 1 is 0.906 bits per heavy atom. The highest BCUT2D eigenvalue weighted by Gasteiger charge is 2.44. The van der Waals surface area contributed by atoms with Crippen molar-refractivity contribution in [3.05, 3.63) is 81.6 Å². The molecule has 0 spiro atoms. The lowest BCUT2D eigenvalue weighted by molar-refractivity contribution is -0.143. The van der Waals surface area contributed by atoms with Gasteiger partial charge >= 0.3 is 12.0 Å². The zero-order chi connectivity index (χ0) is 37.8. The molecular formula is C39H47Cl2N5O7. The molecule has 2 atom stereocenters. The van der Waals surface area contributed by atoms with Gasteiger partial charge in [-0.15, -0.1) is 0 Å². The standard InChI is InChI=1S/C39H47Cl2N5O7/c1-51-32-21-26(22-33(52-2)34(32)53-3)35(47)45-20-12-38(25-45,27-9-10-29(40)30(41)23-27)11-17-44-18-13-39(14-19-44,28-7-6-15-42-24-28)43-37(50)46-16-5-4-8-31(46)36(48)49/h6-7,9-10,15,21-24,31H,4-5,8,11-14,16-20,25H2,1-3H3,(H,43,50)(H,48,49). The van der Waals surface area contributed by atoms with Gasteiger partial charge in [0.15, 0.2) is 11.5 Å². The van der Waals surface area contributed by atoms with Gasteiger partial charge in [0.25, 0.3) is 5.91 Å². The van der Waals surface area contributed by atoms with Gasteiger partial charge in [-0.05, 0) is 92.9 Å². The van der Waals surface area contributed by atoms with Crippen LogP contribution in [-0.2, 0) is 15.7 Å². The zero-order valence-corrected chi connectivity index (χ0v) is 31.9. The molecule has 2 unspecified atom stereocenters. The maximum atomic E-state index is 14.0. The van der Waals surface area contributed by atoms with Crippen LogP contribution in [0, 0.1) is 0 Å². The number of hydrogen-bond donors (Lipinski definition) is 2. The van der Waals surface area contributed by atoms with Gasteiger partial charge in [-0.25, -0.2) is 9.59 Å². The number of aliphatic carboxylic acids is 1. The predicted octanol–water partition coefficient (Wildman–Crippen LogP) is 6.23. The summed E-state index contributed by atoms with van der Waals surface area (Å²) in [4.78, 5) is 49.9. The number of piperidine rings is 2. The summed E-state index contributed by atoms with van der Waals surface area (Å²) in [5.41, 5.74) is 1.28. The summed E-state index contributed by atoms with van der Waals surface area (Å²) in [6.07, 6.45) is 8.24. The number of urea groups is 1. The van der Waals surface area contributed by atoms with E-state index in [1.54, 1.807) is 24.5 Å². The molecule has 3 aliphatic heterocycles. The first kappa shape index (κ1) is 38.5. The number of carbonyl (C=O) groups is 3. The smallest absolute Gasteiger partial charge is 0.326 e. The monoisotopic (exact) mass is 767 g/mol. The van der Waals surface area contributed by atoms with Crippen molar-refractivity contribution >= 4 is 41.1 Å². The molecule has 3 saturated heterocycles. The van der Waals surface area contributed by atoms with E-state index in [-0.39, 0.29) is 11.9 Å². The number of pyridine rings is 1. The average molecular weight is 769 g/mol. The number of benzene rings is 2. The van der Waals surface area contributed by atoms with E-state index in [1.165, 1.54) is 26.2 Å². The number of nitrogens with one attached hydrogen (secondary N) is 1. The lowest BCUT2D eigenvalue weighted by atomic mass is 9.76. The number of hydrogen-bond acceptors (Lipinski definition) is 8. The van der Waals surface area contributed by atoms with Crippen LogP contribution < -0.4 is 19.5 Å². The van der Waals surface area contributed by atoms with Gasteiger partial charge in [-0.1, -0.05) is 35.3 Å². The Morgan fingerprint density at radius 2 is 1.64 bits per heavy atom. The molecule has 0 bridgehead atoms. The van der Waals surface area contributed by atoms with Gasteiger partial charge in [-0.2, -0.15) is 0 Å². The zero-order valence-electron chi connectivity index (χ0n) is 30.4. The minimum Gasteiger partial charge on any atom is -0.493 e. The van der Waals surface area contributed by atoms with Crippen molar-refractivity contribution in [1.82, 2.24) is 25.0 Å². The first-order valence-electron chi connectivity index (χ1n) is 18.0. The highest BCUT2D eigenvalue weighted by atomic mass is 35.5. The van der Waals surface area contributed by atoms with E-state index in [0.717, 1.165) is 43.4 Å². The van der Waals surface area contributed by atoms with Crippen LogP contribution in [0.5, 0.6) is 17.2 Å². The second-order valence-electron chi connectivity index (χ2n) is 14.2. The molecule has 6 rings (SSSR count). The van der Waals surface area contributed by atoms with Gasteiger partial charge < -0.3 is 39.3 Å². The first-order valence-corrected chi connectivity index (χ1v) is 18.8. The molecule has 0 aliphatic carbocycles. The summed E-state index contributed by atoms with van der Waals surface area (Å²) >= 11 is 12.9. The predicted molar refractivity (Wildman–Crippen MR) is 201 cm³/mol. The number of ether oxygens (including phenoxy) is 3. The summed E-state index contributed by atoms with van der Waals surface area (Å²) < 4.78 is 16.5. The van der Waals surface area contributed by atoms with E-state index in [1.807, 2.05) is 35.2 Å². The van der Waals surface area contributed by atoms with Crippen LogP contribution in [0.15, 0.2) is 54.9 Å². The van der Waals surface area contributed by atoms with Crippen molar-refractivity contribution in [3.8, 4) is 17.2 Å². The van der Waals surface area contributed by atoms with Crippen molar-refractivity contribution in [2.24, 2.45) is 0 Å². The molecule has 3 fully saturated rings. The topological polar surface area (TPSA) is 134 Å². The van der Waals surface area contributed by atoms with Gasteiger partial charge in [0.2, 0.25) is 5.75 Å². The first-order chi connectivity index (χ1) is 25.5. The summed E-state index contributed by atoms with van der Waals surface area (Å²) in [5, 5.41) is 14.1. The van der Waals surface area contributed by atoms with Crippen molar-refractivity contribution in [1.29, 1.82) is 0 Å². The molecule has 14 heteroatoms. The highest BCUT2D eigenvalue weighted by molar-refractivity contribution is 6.42. The molecule has 1 aromatic heterocycles. The summed E-state index contributed by atoms with van der Waals surface area (Å²) in [6.45, 7) is 3.57. The minimum absolute atomic E-state index is 0.139. The molecular weight excluding hydrogens is 721 g/mol. The molecule has 12 nitrogen and oxygen atoms in total. The molecule has 3 aliphatic rings. The van der Waals surface area contributed by atoms with Crippen molar-refractivity contribution in [2.75, 3.05) is 60.6 Å². The normalized spacial score (nSPS) is 21.6. The number of halogens is 2. The quantitative estimate of drug-likeness (QED) is 0.233. The van der Waals surface area contributed by atoms with Crippen LogP contribution >= 0.6 is 23.2 Å². The Balaban J connectivity index is 1.20. The van der Waals surface area contributed by atoms with E-state index < -0.39 is 23.0 Å². The van der Waals surface area contributed by atoms with E-state index in [2.05, 4.69) is 15.2 Å². The number of methoxy groups -OCH3 is 3. The van der Waals surface area contributed by atoms with Gasteiger partial charge in [0, 0.05) is 56.1 Å². The van der Waals surface area contributed by atoms with Crippen LogP contribution in [0.25, 0.3) is 0 Å². The summed E-state index contributed by atoms with van der Waals surface area (Å²) in [7, 11) is 4.57. The van der Waals surface area contributed by atoms with Gasteiger partial charge in [0.1, 0.15) is 6.04 Å². The van der Waals surface area contributed by atoms with E-state index in [4.69, 9.17) is 37.4 Å². The number of carboxylic acid groups (broad SMARTS) is 1. The second-order valence-corrected chi connectivity index (χ2v) is 15.0. The Hall–Kier alpha value is -4.26. The minimum atomic E-state index is -0.975. The number of carboxylic acids is 1. The lowest BCUT2D eigenvalue weighted by Gasteiger charge is -2.45. The Labute approximate surface area is 320 Å².